The number of aromatic nitrogens is 2. The van der Waals surface area contributed by atoms with Crippen LogP contribution in [0.2, 0.25) is 0 Å². The predicted octanol–water partition coefficient (Wildman–Crippen LogP) is 1.90. The second kappa shape index (κ2) is 9.80. The Labute approximate surface area is 206 Å². The number of fused-ring (bicyclic) bond motifs is 1. The monoisotopic (exact) mass is 508 g/mol. The molecule has 0 aliphatic carbocycles. The van der Waals surface area contributed by atoms with Gasteiger partial charge in [-0.25, -0.2) is 13.2 Å². The lowest BCUT2D eigenvalue weighted by Gasteiger charge is -2.19. The maximum absolute atomic E-state index is 13.4. The zero-order valence-corrected chi connectivity index (χ0v) is 20.6. The number of carbonyl (C=O) groups is 1. The molecule has 11 heteroatoms. The lowest BCUT2D eigenvalue weighted by Crippen LogP contribution is -2.38. The SMILES string of the molecule is COc1ccc(NC(=O)[C@H](NS(=O)(=O)c2ccc3c(c2)c(=O)n(C)c(=O)n3C)c2ccccc2)cc1. The van der Waals surface area contributed by atoms with Crippen LogP contribution in [0.4, 0.5) is 5.69 Å². The first-order chi connectivity index (χ1) is 17.1. The highest BCUT2D eigenvalue weighted by Gasteiger charge is 2.28. The van der Waals surface area contributed by atoms with Gasteiger partial charge in [-0.05, 0) is 48.0 Å². The fourth-order valence-electron chi connectivity index (χ4n) is 3.77. The van der Waals surface area contributed by atoms with Gasteiger partial charge in [0, 0.05) is 19.8 Å². The second-order valence-electron chi connectivity index (χ2n) is 8.07. The van der Waals surface area contributed by atoms with E-state index in [1.807, 2.05) is 0 Å². The van der Waals surface area contributed by atoms with E-state index in [9.17, 15) is 22.8 Å². The summed E-state index contributed by atoms with van der Waals surface area (Å²) in [5.41, 5.74) is 0.0173. The number of nitrogens with zero attached hydrogens (tertiary/aromatic N) is 2. The highest BCUT2D eigenvalue weighted by molar-refractivity contribution is 7.89. The van der Waals surface area contributed by atoms with Crippen LogP contribution in [0, 0.1) is 0 Å². The van der Waals surface area contributed by atoms with Crippen molar-refractivity contribution < 1.29 is 17.9 Å². The first-order valence-corrected chi connectivity index (χ1v) is 12.3. The van der Waals surface area contributed by atoms with E-state index in [0.717, 1.165) is 4.57 Å². The van der Waals surface area contributed by atoms with Gasteiger partial charge in [-0.15, -0.1) is 0 Å². The summed E-state index contributed by atoms with van der Waals surface area (Å²) in [6, 6.07) is 17.6. The number of hydrogen-bond donors (Lipinski definition) is 2. The summed E-state index contributed by atoms with van der Waals surface area (Å²) in [6.45, 7) is 0. The van der Waals surface area contributed by atoms with Crippen molar-refractivity contribution in [1.29, 1.82) is 0 Å². The van der Waals surface area contributed by atoms with Crippen molar-refractivity contribution in [2.45, 2.75) is 10.9 Å². The summed E-state index contributed by atoms with van der Waals surface area (Å²) in [5, 5.41) is 2.77. The first kappa shape index (κ1) is 24.9. The Morgan fingerprint density at radius 1 is 0.917 bits per heavy atom. The molecule has 1 heterocycles. The molecule has 0 aliphatic heterocycles. The minimum Gasteiger partial charge on any atom is -0.497 e. The average molecular weight is 509 g/mol. The number of rotatable bonds is 7. The zero-order valence-electron chi connectivity index (χ0n) is 19.8. The summed E-state index contributed by atoms with van der Waals surface area (Å²) < 4.78 is 36.5. The Kier molecular flexibility index (Phi) is 6.77. The zero-order chi connectivity index (χ0) is 26.0. The summed E-state index contributed by atoms with van der Waals surface area (Å²) >= 11 is 0. The van der Waals surface area contributed by atoms with E-state index >= 15 is 0 Å². The van der Waals surface area contributed by atoms with Crippen LogP contribution in [-0.2, 0) is 28.9 Å². The summed E-state index contributed by atoms with van der Waals surface area (Å²) in [5.74, 6) is 0.00213. The third-order valence-electron chi connectivity index (χ3n) is 5.77. The van der Waals surface area contributed by atoms with E-state index in [1.54, 1.807) is 54.6 Å². The molecule has 3 aromatic carbocycles. The van der Waals surface area contributed by atoms with Gasteiger partial charge in [0.1, 0.15) is 11.8 Å². The molecule has 1 atom stereocenters. The van der Waals surface area contributed by atoms with Gasteiger partial charge in [0.05, 0.1) is 22.9 Å². The van der Waals surface area contributed by atoms with E-state index in [1.165, 1.54) is 44.0 Å². The van der Waals surface area contributed by atoms with Crippen LogP contribution in [0.25, 0.3) is 10.9 Å². The van der Waals surface area contributed by atoms with E-state index in [2.05, 4.69) is 10.0 Å². The molecule has 0 saturated heterocycles. The molecule has 1 amide bonds. The number of amides is 1. The largest absolute Gasteiger partial charge is 0.497 e. The molecule has 4 aromatic rings. The average Bonchev–Trinajstić information content (AvgIpc) is 2.89. The Hall–Kier alpha value is -4.22. The topological polar surface area (TPSA) is 128 Å². The van der Waals surface area contributed by atoms with Crippen LogP contribution >= 0.6 is 0 Å². The van der Waals surface area contributed by atoms with Crippen molar-refractivity contribution in [2.24, 2.45) is 14.1 Å². The number of aryl methyl sites for hydroxylation is 1. The molecule has 0 unspecified atom stereocenters. The molecular formula is C25H24N4O6S. The van der Waals surface area contributed by atoms with Crippen LogP contribution in [0.5, 0.6) is 5.75 Å². The number of hydrogen-bond acceptors (Lipinski definition) is 6. The second-order valence-corrected chi connectivity index (χ2v) is 9.78. The van der Waals surface area contributed by atoms with Crippen molar-refractivity contribution in [1.82, 2.24) is 13.9 Å². The van der Waals surface area contributed by atoms with Gasteiger partial charge in [0.25, 0.3) is 5.56 Å². The Balaban J connectivity index is 1.72. The Morgan fingerprint density at radius 3 is 2.22 bits per heavy atom. The van der Waals surface area contributed by atoms with Gasteiger partial charge < -0.3 is 10.1 Å². The van der Waals surface area contributed by atoms with Crippen LogP contribution in [0.15, 0.2) is 87.3 Å². The van der Waals surface area contributed by atoms with Crippen molar-refractivity contribution >= 4 is 32.5 Å². The highest BCUT2D eigenvalue weighted by Crippen LogP contribution is 2.22. The maximum atomic E-state index is 13.4. The van der Waals surface area contributed by atoms with Crippen molar-refractivity contribution in [2.75, 3.05) is 12.4 Å². The van der Waals surface area contributed by atoms with E-state index in [0.29, 0.717) is 22.5 Å². The number of carbonyl (C=O) groups excluding carboxylic acids is 1. The van der Waals surface area contributed by atoms with Gasteiger partial charge in [-0.3, -0.25) is 18.7 Å². The summed E-state index contributed by atoms with van der Waals surface area (Å²) in [7, 11) is 0.0673. The van der Waals surface area contributed by atoms with Gasteiger partial charge in [0.15, 0.2) is 0 Å². The number of ether oxygens (including phenoxy) is 1. The smallest absolute Gasteiger partial charge is 0.330 e. The number of methoxy groups -OCH3 is 1. The predicted molar refractivity (Wildman–Crippen MR) is 136 cm³/mol. The molecule has 2 N–H and O–H groups in total. The maximum Gasteiger partial charge on any atom is 0.330 e. The Morgan fingerprint density at radius 2 is 1.58 bits per heavy atom. The fraction of sp³-hybridized carbons (Fsp3) is 0.160. The molecule has 10 nitrogen and oxygen atoms in total. The molecular weight excluding hydrogens is 484 g/mol. The standard InChI is InChI=1S/C25H24N4O6S/c1-28-21-14-13-19(15-20(21)24(31)29(2)25(28)32)36(33,34)27-22(16-7-5-4-6-8-16)23(30)26-17-9-11-18(35-3)12-10-17/h4-15,22,27H,1-3H3,(H,26,30)/t22-/m1/s1. The minimum absolute atomic E-state index is 0.0569. The van der Waals surface area contributed by atoms with Crippen molar-refractivity contribution in [3.63, 3.8) is 0 Å². The van der Waals surface area contributed by atoms with E-state index < -0.39 is 33.2 Å². The summed E-state index contributed by atoms with van der Waals surface area (Å²) in [6.07, 6.45) is 0. The molecule has 0 saturated carbocycles. The van der Waals surface area contributed by atoms with Gasteiger partial charge in [0.2, 0.25) is 15.9 Å². The third kappa shape index (κ3) is 4.79. The van der Waals surface area contributed by atoms with Gasteiger partial charge in [-0.2, -0.15) is 4.72 Å². The number of nitrogens with one attached hydrogen (secondary N) is 2. The minimum atomic E-state index is -4.27. The molecule has 0 radical (unpaired) electrons. The van der Waals surface area contributed by atoms with Gasteiger partial charge in [-0.1, -0.05) is 30.3 Å². The van der Waals surface area contributed by atoms with Crippen LogP contribution < -0.4 is 26.0 Å². The number of anilines is 1. The molecule has 0 aliphatic rings. The highest BCUT2D eigenvalue weighted by atomic mass is 32.2. The normalized spacial score (nSPS) is 12.3. The number of benzene rings is 3. The quantitative estimate of drug-likeness (QED) is 0.392. The molecule has 186 valence electrons. The van der Waals surface area contributed by atoms with Crippen molar-refractivity contribution in [3.05, 3.63) is 99.2 Å². The van der Waals surface area contributed by atoms with E-state index in [4.69, 9.17) is 4.74 Å². The molecule has 4 rings (SSSR count). The Bertz CT molecular complexity index is 1660. The molecule has 0 spiro atoms. The third-order valence-corrected chi connectivity index (χ3v) is 7.19. The van der Waals surface area contributed by atoms with Gasteiger partial charge >= 0.3 is 5.69 Å². The molecule has 36 heavy (non-hydrogen) atoms. The lowest BCUT2D eigenvalue weighted by atomic mass is 10.1. The lowest BCUT2D eigenvalue weighted by molar-refractivity contribution is -0.117. The van der Waals surface area contributed by atoms with E-state index in [-0.39, 0.29) is 10.3 Å². The van der Waals surface area contributed by atoms with Crippen LogP contribution in [-0.4, -0.2) is 30.6 Å². The molecule has 0 bridgehead atoms. The number of sulfonamides is 1. The first-order valence-electron chi connectivity index (χ1n) is 10.8. The van der Waals surface area contributed by atoms with Crippen molar-refractivity contribution in [3.8, 4) is 5.75 Å². The van der Waals surface area contributed by atoms with Crippen LogP contribution in [0.3, 0.4) is 0 Å². The molecule has 0 fully saturated rings. The molecule has 1 aromatic heterocycles. The fourth-order valence-corrected chi connectivity index (χ4v) is 4.98. The van der Waals surface area contributed by atoms with Crippen LogP contribution in [0.1, 0.15) is 11.6 Å². The summed E-state index contributed by atoms with van der Waals surface area (Å²) in [4.78, 5) is 37.8.